The average Bonchev–Trinajstić information content (AvgIpc) is 2.76. The molecule has 0 saturated heterocycles. The highest BCUT2D eigenvalue weighted by Crippen LogP contribution is 2.31. The summed E-state index contributed by atoms with van der Waals surface area (Å²) in [6.45, 7) is 5.02. The number of methoxy groups -OCH3 is 1. The SMILES string of the molecule is CCNC(=NCc1cccc(OCCOC)c1)NCC1CC(=O)Nc2ccccc21. The van der Waals surface area contributed by atoms with Gasteiger partial charge >= 0.3 is 0 Å². The van der Waals surface area contributed by atoms with Gasteiger partial charge in [0.25, 0.3) is 0 Å². The molecule has 0 bridgehead atoms. The van der Waals surface area contributed by atoms with Gasteiger partial charge in [-0.15, -0.1) is 0 Å². The van der Waals surface area contributed by atoms with Crippen molar-refractivity contribution in [2.45, 2.75) is 25.8 Å². The quantitative estimate of drug-likeness (QED) is 0.336. The molecule has 7 nitrogen and oxygen atoms in total. The first-order valence-electron chi connectivity index (χ1n) is 10.3. The Morgan fingerprint density at radius 3 is 2.87 bits per heavy atom. The summed E-state index contributed by atoms with van der Waals surface area (Å²) in [5, 5.41) is 9.60. The number of nitrogens with one attached hydrogen (secondary N) is 3. The predicted molar refractivity (Wildman–Crippen MR) is 119 cm³/mol. The number of ether oxygens (including phenoxy) is 2. The highest BCUT2D eigenvalue weighted by molar-refractivity contribution is 5.94. The molecule has 0 radical (unpaired) electrons. The fraction of sp³-hybridized carbons (Fsp3) is 0.391. The number of nitrogens with zero attached hydrogens (tertiary/aromatic N) is 1. The zero-order chi connectivity index (χ0) is 21.2. The molecule has 1 heterocycles. The normalized spacial score (nSPS) is 15.9. The van der Waals surface area contributed by atoms with Crippen LogP contribution in [0.25, 0.3) is 0 Å². The number of hydrogen-bond donors (Lipinski definition) is 3. The second-order valence-corrected chi connectivity index (χ2v) is 7.10. The highest BCUT2D eigenvalue weighted by atomic mass is 16.5. The van der Waals surface area contributed by atoms with Crippen molar-refractivity contribution >= 4 is 17.6 Å². The van der Waals surface area contributed by atoms with Gasteiger partial charge in [0.2, 0.25) is 5.91 Å². The number of carbonyl (C=O) groups is 1. The summed E-state index contributed by atoms with van der Waals surface area (Å²) in [4.78, 5) is 16.7. The number of para-hydroxylation sites is 1. The maximum absolute atomic E-state index is 12.0. The van der Waals surface area contributed by atoms with Crippen LogP contribution in [0.2, 0.25) is 0 Å². The number of aliphatic imine (C=N–C) groups is 1. The van der Waals surface area contributed by atoms with E-state index in [0.29, 0.717) is 32.7 Å². The second kappa shape index (κ2) is 11.2. The average molecular weight is 411 g/mol. The number of benzene rings is 2. The van der Waals surface area contributed by atoms with Gasteiger partial charge in [0.15, 0.2) is 5.96 Å². The van der Waals surface area contributed by atoms with E-state index in [1.165, 1.54) is 0 Å². The maximum Gasteiger partial charge on any atom is 0.225 e. The lowest BCUT2D eigenvalue weighted by Crippen LogP contribution is -2.40. The molecule has 1 unspecified atom stereocenters. The first-order valence-corrected chi connectivity index (χ1v) is 10.3. The van der Waals surface area contributed by atoms with Crippen LogP contribution in [0.1, 0.15) is 30.4 Å². The molecule has 1 atom stereocenters. The molecule has 0 aliphatic carbocycles. The van der Waals surface area contributed by atoms with E-state index in [1.54, 1.807) is 7.11 Å². The molecule has 30 heavy (non-hydrogen) atoms. The summed E-state index contributed by atoms with van der Waals surface area (Å²) in [5.74, 6) is 1.69. The lowest BCUT2D eigenvalue weighted by molar-refractivity contribution is -0.116. The number of rotatable bonds is 9. The van der Waals surface area contributed by atoms with Crippen LogP contribution in [0.4, 0.5) is 5.69 Å². The molecule has 0 fully saturated rings. The van der Waals surface area contributed by atoms with Crippen LogP contribution in [0.5, 0.6) is 5.75 Å². The third-order valence-corrected chi connectivity index (χ3v) is 4.84. The van der Waals surface area contributed by atoms with Crippen molar-refractivity contribution in [3.05, 3.63) is 59.7 Å². The van der Waals surface area contributed by atoms with E-state index in [-0.39, 0.29) is 11.8 Å². The van der Waals surface area contributed by atoms with Crippen molar-refractivity contribution in [3.63, 3.8) is 0 Å². The number of guanidine groups is 1. The molecule has 2 aromatic rings. The van der Waals surface area contributed by atoms with Crippen molar-refractivity contribution in [2.24, 2.45) is 4.99 Å². The van der Waals surface area contributed by atoms with Gasteiger partial charge in [0, 0.05) is 38.2 Å². The van der Waals surface area contributed by atoms with Gasteiger partial charge in [-0.1, -0.05) is 30.3 Å². The molecule has 1 aliphatic heterocycles. The van der Waals surface area contributed by atoms with Crippen LogP contribution in [0.3, 0.4) is 0 Å². The minimum Gasteiger partial charge on any atom is -0.491 e. The minimum atomic E-state index is 0.0488. The smallest absolute Gasteiger partial charge is 0.225 e. The van der Waals surface area contributed by atoms with Crippen LogP contribution in [0.15, 0.2) is 53.5 Å². The third kappa shape index (κ3) is 6.22. The summed E-state index contributed by atoms with van der Waals surface area (Å²) in [5.41, 5.74) is 3.11. The van der Waals surface area contributed by atoms with Gasteiger partial charge in [-0.25, -0.2) is 4.99 Å². The van der Waals surface area contributed by atoms with Gasteiger partial charge in [0.05, 0.1) is 13.2 Å². The number of carbonyl (C=O) groups excluding carboxylic acids is 1. The Morgan fingerprint density at radius 2 is 2.03 bits per heavy atom. The van der Waals surface area contributed by atoms with Crippen molar-refractivity contribution in [1.82, 2.24) is 10.6 Å². The van der Waals surface area contributed by atoms with Crippen molar-refractivity contribution in [1.29, 1.82) is 0 Å². The molecule has 1 amide bonds. The summed E-state index contributed by atoms with van der Waals surface area (Å²) >= 11 is 0. The van der Waals surface area contributed by atoms with Gasteiger partial charge in [-0.3, -0.25) is 4.79 Å². The van der Waals surface area contributed by atoms with Gasteiger partial charge < -0.3 is 25.4 Å². The van der Waals surface area contributed by atoms with E-state index >= 15 is 0 Å². The Labute approximate surface area is 177 Å². The van der Waals surface area contributed by atoms with E-state index in [2.05, 4.69) is 22.0 Å². The molecule has 7 heteroatoms. The molecule has 0 saturated carbocycles. The van der Waals surface area contributed by atoms with Gasteiger partial charge in [0.1, 0.15) is 12.4 Å². The summed E-state index contributed by atoms with van der Waals surface area (Å²) < 4.78 is 10.7. The van der Waals surface area contributed by atoms with Crippen molar-refractivity contribution < 1.29 is 14.3 Å². The number of fused-ring (bicyclic) bond motifs is 1. The van der Waals surface area contributed by atoms with Crippen LogP contribution < -0.4 is 20.7 Å². The molecule has 3 N–H and O–H groups in total. The van der Waals surface area contributed by atoms with E-state index in [1.807, 2.05) is 49.4 Å². The van der Waals surface area contributed by atoms with E-state index in [9.17, 15) is 4.79 Å². The molecule has 3 rings (SSSR count). The standard InChI is InChI=1S/C23H30N4O3/c1-3-24-23(25-15-17-7-6-8-19(13-17)30-12-11-29-2)26-16-18-14-22(28)27-21-10-5-4-9-20(18)21/h4-10,13,18H,3,11-12,14-16H2,1-2H3,(H,27,28)(H2,24,25,26). The highest BCUT2D eigenvalue weighted by Gasteiger charge is 2.24. The largest absolute Gasteiger partial charge is 0.491 e. The molecule has 0 spiro atoms. The second-order valence-electron chi connectivity index (χ2n) is 7.10. The lowest BCUT2D eigenvalue weighted by Gasteiger charge is -2.26. The summed E-state index contributed by atoms with van der Waals surface area (Å²) in [7, 11) is 1.65. The molecule has 2 aromatic carbocycles. The Balaban J connectivity index is 1.62. The Hall–Kier alpha value is -3.06. The zero-order valence-corrected chi connectivity index (χ0v) is 17.6. The Morgan fingerprint density at radius 1 is 1.17 bits per heavy atom. The maximum atomic E-state index is 12.0. The number of hydrogen-bond acceptors (Lipinski definition) is 4. The Bertz CT molecular complexity index is 869. The van der Waals surface area contributed by atoms with Crippen molar-refractivity contribution in [3.8, 4) is 5.75 Å². The first-order chi connectivity index (χ1) is 14.7. The lowest BCUT2D eigenvalue weighted by atomic mass is 9.90. The fourth-order valence-electron chi connectivity index (χ4n) is 3.39. The zero-order valence-electron chi connectivity index (χ0n) is 17.6. The molecule has 160 valence electrons. The van der Waals surface area contributed by atoms with Crippen LogP contribution >= 0.6 is 0 Å². The summed E-state index contributed by atoms with van der Waals surface area (Å²) in [6, 6.07) is 15.9. The first kappa shape index (κ1) is 21.6. The fourth-order valence-corrected chi connectivity index (χ4v) is 3.39. The van der Waals surface area contributed by atoms with E-state index < -0.39 is 0 Å². The molecule has 0 aromatic heterocycles. The van der Waals surface area contributed by atoms with Gasteiger partial charge in [-0.05, 0) is 36.2 Å². The molecular formula is C23H30N4O3. The predicted octanol–water partition coefficient (Wildman–Crippen LogP) is 2.89. The van der Waals surface area contributed by atoms with E-state index in [4.69, 9.17) is 14.5 Å². The molecule has 1 aliphatic rings. The number of amides is 1. The van der Waals surface area contributed by atoms with Crippen LogP contribution in [0, 0.1) is 0 Å². The van der Waals surface area contributed by atoms with Crippen LogP contribution in [-0.4, -0.2) is 45.3 Å². The molecular weight excluding hydrogens is 380 g/mol. The van der Waals surface area contributed by atoms with Crippen molar-refractivity contribution in [2.75, 3.05) is 38.7 Å². The monoisotopic (exact) mass is 410 g/mol. The van der Waals surface area contributed by atoms with E-state index in [0.717, 1.165) is 35.1 Å². The van der Waals surface area contributed by atoms with Gasteiger partial charge in [-0.2, -0.15) is 0 Å². The number of anilines is 1. The van der Waals surface area contributed by atoms with Crippen LogP contribution in [-0.2, 0) is 16.1 Å². The minimum absolute atomic E-state index is 0.0488. The Kier molecular flexibility index (Phi) is 8.09. The third-order valence-electron chi connectivity index (χ3n) is 4.84. The topological polar surface area (TPSA) is 84.0 Å². The summed E-state index contributed by atoms with van der Waals surface area (Å²) in [6.07, 6.45) is 0.463.